The summed E-state index contributed by atoms with van der Waals surface area (Å²) in [4.78, 5) is 0.141. The zero-order chi connectivity index (χ0) is 17.4. The van der Waals surface area contributed by atoms with E-state index in [1.54, 1.807) is 43.5 Å². The molecule has 0 aliphatic carbocycles. The van der Waals surface area contributed by atoms with E-state index in [0.717, 1.165) is 5.56 Å². The molecule has 0 aliphatic rings. The molecule has 1 N–H and O–H groups in total. The molecule has 0 saturated heterocycles. The van der Waals surface area contributed by atoms with Gasteiger partial charge in [-0.2, -0.15) is 5.26 Å². The third-order valence-electron chi connectivity index (χ3n) is 3.18. The van der Waals surface area contributed by atoms with Crippen molar-refractivity contribution in [2.24, 2.45) is 0 Å². The number of nitrogens with zero attached hydrogens (tertiary/aromatic N) is 1. The van der Waals surface area contributed by atoms with Gasteiger partial charge < -0.3 is 9.47 Å². The van der Waals surface area contributed by atoms with Crippen molar-refractivity contribution in [2.45, 2.75) is 11.3 Å². The van der Waals surface area contributed by atoms with Crippen LogP contribution in [0.25, 0.3) is 0 Å². The van der Waals surface area contributed by atoms with E-state index in [2.05, 4.69) is 4.72 Å². The minimum absolute atomic E-state index is 0.141. The van der Waals surface area contributed by atoms with Crippen LogP contribution in [0, 0.1) is 11.3 Å². The maximum atomic E-state index is 12.4. The van der Waals surface area contributed by atoms with Gasteiger partial charge in [0.15, 0.2) is 0 Å². The Bertz CT molecular complexity index is 794. The van der Waals surface area contributed by atoms with Crippen LogP contribution in [0.3, 0.4) is 0 Å². The van der Waals surface area contributed by atoms with Crippen molar-refractivity contribution < 1.29 is 17.9 Å². The summed E-state index contributed by atoms with van der Waals surface area (Å²) < 4.78 is 37.5. The lowest BCUT2D eigenvalue weighted by atomic mass is 10.1. The summed E-state index contributed by atoms with van der Waals surface area (Å²) in [5.41, 5.74) is 1.27. The van der Waals surface area contributed by atoms with Gasteiger partial charge in [-0.25, -0.2) is 8.42 Å². The van der Waals surface area contributed by atoms with Crippen molar-refractivity contribution in [1.82, 2.24) is 0 Å². The zero-order valence-electron chi connectivity index (χ0n) is 13.2. The average molecular weight is 346 g/mol. The SMILES string of the molecule is COCCOc1ccc(S(=O)(=O)Nc2ccc(CC#N)cc2)cc1. The van der Waals surface area contributed by atoms with Gasteiger partial charge in [0.05, 0.1) is 24.0 Å². The van der Waals surface area contributed by atoms with Crippen LogP contribution in [0.4, 0.5) is 5.69 Å². The van der Waals surface area contributed by atoms with Crippen molar-refractivity contribution in [3.63, 3.8) is 0 Å². The van der Waals surface area contributed by atoms with E-state index in [9.17, 15) is 8.42 Å². The number of anilines is 1. The molecule has 2 aromatic rings. The fourth-order valence-corrected chi connectivity index (χ4v) is 3.01. The predicted octanol–water partition coefficient (Wildman–Crippen LogP) is 2.58. The van der Waals surface area contributed by atoms with Crippen LogP contribution in [-0.2, 0) is 21.2 Å². The molecule has 6 nitrogen and oxygen atoms in total. The topological polar surface area (TPSA) is 88.4 Å². The van der Waals surface area contributed by atoms with Crippen LogP contribution < -0.4 is 9.46 Å². The third kappa shape index (κ3) is 4.98. The fourth-order valence-electron chi connectivity index (χ4n) is 1.95. The molecule has 0 radical (unpaired) electrons. The molecule has 0 spiro atoms. The van der Waals surface area contributed by atoms with Crippen LogP contribution >= 0.6 is 0 Å². The molecule has 7 heteroatoms. The Hall–Kier alpha value is -2.56. The summed E-state index contributed by atoms with van der Waals surface area (Å²) in [6.07, 6.45) is 0.289. The van der Waals surface area contributed by atoms with Gasteiger partial charge in [-0.05, 0) is 42.0 Å². The number of nitrogens with one attached hydrogen (secondary N) is 1. The smallest absolute Gasteiger partial charge is 0.261 e. The zero-order valence-corrected chi connectivity index (χ0v) is 14.0. The second kappa shape index (κ2) is 8.34. The second-order valence-corrected chi connectivity index (χ2v) is 6.63. The first-order valence-electron chi connectivity index (χ1n) is 7.25. The minimum Gasteiger partial charge on any atom is -0.491 e. The molecule has 24 heavy (non-hydrogen) atoms. The number of sulfonamides is 1. The number of hydrogen-bond donors (Lipinski definition) is 1. The molecule has 0 unspecified atom stereocenters. The number of methoxy groups -OCH3 is 1. The molecule has 2 rings (SSSR count). The maximum Gasteiger partial charge on any atom is 0.261 e. The number of benzene rings is 2. The fraction of sp³-hybridized carbons (Fsp3) is 0.235. The first-order valence-corrected chi connectivity index (χ1v) is 8.74. The molecule has 0 saturated carbocycles. The van der Waals surface area contributed by atoms with E-state index in [1.165, 1.54) is 12.1 Å². The van der Waals surface area contributed by atoms with Crippen LogP contribution in [0.2, 0.25) is 0 Å². The van der Waals surface area contributed by atoms with Gasteiger partial charge >= 0.3 is 0 Å². The van der Waals surface area contributed by atoms with Crippen LogP contribution in [0.15, 0.2) is 53.4 Å². The van der Waals surface area contributed by atoms with Gasteiger partial charge in [-0.1, -0.05) is 12.1 Å². The Kier molecular flexibility index (Phi) is 6.18. The van der Waals surface area contributed by atoms with Gasteiger partial charge in [-0.3, -0.25) is 4.72 Å². The lowest BCUT2D eigenvalue weighted by Gasteiger charge is -2.10. The lowest BCUT2D eigenvalue weighted by molar-refractivity contribution is 0.146. The Morgan fingerprint density at radius 3 is 2.29 bits per heavy atom. The van der Waals surface area contributed by atoms with E-state index in [0.29, 0.717) is 24.7 Å². The van der Waals surface area contributed by atoms with Crippen molar-refractivity contribution in [2.75, 3.05) is 25.0 Å². The molecular formula is C17H18N2O4S. The van der Waals surface area contributed by atoms with Crippen molar-refractivity contribution in [1.29, 1.82) is 5.26 Å². The van der Waals surface area contributed by atoms with E-state index >= 15 is 0 Å². The van der Waals surface area contributed by atoms with Gasteiger partial charge in [0.2, 0.25) is 0 Å². The van der Waals surface area contributed by atoms with Gasteiger partial charge in [0, 0.05) is 12.8 Å². The maximum absolute atomic E-state index is 12.4. The summed E-state index contributed by atoms with van der Waals surface area (Å²) in [6, 6.07) is 14.9. The number of ether oxygens (including phenoxy) is 2. The monoisotopic (exact) mass is 346 g/mol. The van der Waals surface area contributed by atoms with Crippen molar-refractivity contribution >= 4 is 15.7 Å². The molecule has 0 bridgehead atoms. The van der Waals surface area contributed by atoms with E-state index in [-0.39, 0.29) is 11.3 Å². The summed E-state index contributed by atoms with van der Waals surface area (Å²) in [7, 11) is -2.09. The van der Waals surface area contributed by atoms with Crippen molar-refractivity contribution in [3.8, 4) is 11.8 Å². The molecule has 0 aliphatic heterocycles. The largest absolute Gasteiger partial charge is 0.491 e. The van der Waals surface area contributed by atoms with Crippen LogP contribution in [0.5, 0.6) is 5.75 Å². The lowest BCUT2D eigenvalue weighted by Crippen LogP contribution is -2.13. The molecule has 0 atom stereocenters. The number of nitriles is 1. The van der Waals surface area contributed by atoms with Gasteiger partial charge in [0.25, 0.3) is 10.0 Å². The Morgan fingerprint density at radius 2 is 1.71 bits per heavy atom. The van der Waals surface area contributed by atoms with Gasteiger partial charge in [0.1, 0.15) is 12.4 Å². The van der Waals surface area contributed by atoms with Crippen molar-refractivity contribution in [3.05, 3.63) is 54.1 Å². The second-order valence-electron chi connectivity index (χ2n) is 4.95. The quantitative estimate of drug-likeness (QED) is 0.742. The van der Waals surface area contributed by atoms with E-state index < -0.39 is 10.0 Å². The third-order valence-corrected chi connectivity index (χ3v) is 4.58. The summed E-state index contributed by atoms with van der Waals surface area (Å²) >= 11 is 0. The van der Waals surface area contributed by atoms with Crippen LogP contribution in [0.1, 0.15) is 5.56 Å². The number of rotatable bonds is 8. The molecule has 0 heterocycles. The first kappa shape index (κ1) is 17.8. The molecule has 2 aromatic carbocycles. The highest BCUT2D eigenvalue weighted by atomic mass is 32.2. The van der Waals surface area contributed by atoms with E-state index in [1.807, 2.05) is 6.07 Å². The number of hydrogen-bond acceptors (Lipinski definition) is 5. The molecule has 0 aromatic heterocycles. The highest BCUT2D eigenvalue weighted by Crippen LogP contribution is 2.19. The van der Waals surface area contributed by atoms with Crippen LogP contribution in [-0.4, -0.2) is 28.7 Å². The molecule has 0 fully saturated rings. The summed E-state index contributed by atoms with van der Waals surface area (Å²) in [6.45, 7) is 0.860. The standard InChI is InChI=1S/C17H18N2O4S/c1-22-12-13-23-16-6-8-17(9-7-16)24(20,21)19-15-4-2-14(3-5-15)10-11-18/h2-9,19H,10,12-13H2,1H3. The highest BCUT2D eigenvalue weighted by molar-refractivity contribution is 7.92. The normalized spacial score (nSPS) is 10.8. The molecule has 126 valence electrons. The average Bonchev–Trinajstić information content (AvgIpc) is 2.57. The van der Waals surface area contributed by atoms with Gasteiger partial charge in [-0.15, -0.1) is 0 Å². The molecule has 0 amide bonds. The van der Waals surface area contributed by atoms with E-state index in [4.69, 9.17) is 14.7 Å². The summed E-state index contributed by atoms with van der Waals surface area (Å²) in [5, 5.41) is 8.64. The Labute approximate surface area is 141 Å². The first-order chi connectivity index (χ1) is 11.5. The minimum atomic E-state index is -3.68. The highest BCUT2D eigenvalue weighted by Gasteiger charge is 2.14. The Morgan fingerprint density at radius 1 is 1.04 bits per heavy atom. The Balaban J connectivity index is 2.05. The molecular weight excluding hydrogens is 328 g/mol. The predicted molar refractivity (Wildman–Crippen MR) is 90.4 cm³/mol. The summed E-state index contributed by atoms with van der Waals surface area (Å²) in [5.74, 6) is 0.576.